The van der Waals surface area contributed by atoms with Gasteiger partial charge in [-0.1, -0.05) is 26.2 Å². The summed E-state index contributed by atoms with van der Waals surface area (Å²) in [5.74, 6) is 0.828. The smallest absolute Gasteiger partial charge is 0.0811 e. The molecule has 0 aliphatic heterocycles. The zero-order valence-corrected chi connectivity index (χ0v) is 11.6. The lowest BCUT2D eigenvalue weighted by molar-refractivity contribution is -0.126. The third kappa shape index (κ3) is 4.23. The van der Waals surface area contributed by atoms with E-state index >= 15 is 0 Å². The van der Waals surface area contributed by atoms with E-state index in [0.717, 1.165) is 18.8 Å². The highest BCUT2D eigenvalue weighted by Crippen LogP contribution is 2.34. The maximum atomic E-state index is 9.56. The van der Waals surface area contributed by atoms with E-state index in [2.05, 4.69) is 6.92 Å². The fraction of sp³-hybridized carbons (Fsp3) is 1.00. The molecular formula is C14H29NO2. The molecule has 1 rings (SSSR count). The Balaban J connectivity index is 2.61. The molecule has 0 aromatic rings. The Bertz CT molecular complexity index is 220. The summed E-state index contributed by atoms with van der Waals surface area (Å²) < 4.78 is 6.09. The minimum Gasteiger partial charge on any atom is -0.391 e. The van der Waals surface area contributed by atoms with Crippen molar-refractivity contribution in [3.63, 3.8) is 0 Å². The van der Waals surface area contributed by atoms with Gasteiger partial charge in [0.15, 0.2) is 0 Å². The van der Waals surface area contributed by atoms with Crippen LogP contribution in [-0.4, -0.2) is 29.5 Å². The van der Waals surface area contributed by atoms with E-state index in [4.69, 9.17) is 10.5 Å². The van der Waals surface area contributed by atoms with E-state index in [1.807, 2.05) is 6.92 Å². The molecule has 3 N–H and O–H groups in total. The second-order valence-electron chi connectivity index (χ2n) is 5.66. The Morgan fingerprint density at radius 2 is 2.06 bits per heavy atom. The van der Waals surface area contributed by atoms with Crippen LogP contribution >= 0.6 is 0 Å². The molecule has 0 aromatic carbocycles. The number of aliphatic hydroxyl groups is 1. The first-order valence-electron chi connectivity index (χ1n) is 7.09. The Morgan fingerprint density at radius 3 is 2.59 bits per heavy atom. The van der Waals surface area contributed by atoms with Gasteiger partial charge in [0.2, 0.25) is 0 Å². The van der Waals surface area contributed by atoms with E-state index in [0.29, 0.717) is 6.54 Å². The van der Waals surface area contributed by atoms with Crippen LogP contribution in [0.5, 0.6) is 0 Å². The molecule has 1 fully saturated rings. The summed E-state index contributed by atoms with van der Waals surface area (Å²) in [6, 6.07) is 0. The zero-order chi connectivity index (χ0) is 12.9. The molecular weight excluding hydrogens is 214 g/mol. The van der Waals surface area contributed by atoms with Crippen LogP contribution in [0.15, 0.2) is 0 Å². The van der Waals surface area contributed by atoms with Gasteiger partial charge in [0.25, 0.3) is 0 Å². The molecule has 0 heterocycles. The first-order valence-corrected chi connectivity index (χ1v) is 7.09. The third-order valence-corrected chi connectivity index (χ3v) is 4.32. The number of hydrogen-bond donors (Lipinski definition) is 2. The molecule has 1 aliphatic rings. The van der Waals surface area contributed by atoms with Crippen LogP contribution in [0.1, 0.15) is 59.3 Å². The van der Waals surface area contributed by atoms with Gasteiger partial charge in [0.1, 0.15) is 0 Å². The molecule has 3 heteroatoms. The van der Waals surface area contributed by atoms with Crippen molar-refractivity contribution in [3.8, 4) is 0 Å². The molecule has 0 saturated heterocycles. The molecule has 4 atom stereocenters. The summed E-state index contributed by atoms with van der Waals surface area (Å²) in [4.78, 5) is 0. The SMILES string of the molecule is CCC1CCCC(CN)(OC(C)C(C)O)CC1. The largest absolute Gasteiger partial charge is 0.391 e. The first kappa shape index (κ1) is 14.9. The average molecular weight is 243 g/mol. The molecule has 3 nitrogen and oxygen atoms in total. The molecule has 1 saturated carbocycles. The normalized spacial score (nSPS) is 34.1. The Hall–Kier alpha value is -0.120. The number of nitrogens with two attached hydrogens (primary N) is 1. The van der Waals surface area contributed by atoms with E-state index in [-0.39, 0.29) is 11.7 Å². The molecule has 1 aliphatic carbocycles. The molecule has 0 bridgehead atoms. The highest BCUT2D eigenvalue weighted by Gasteiger charge is 2.34. The van der Waals surface area contributed by atoms with Gasteiger partial charge in [0.05, 0.1) is 17.8 Å². The molecule has 0 aromatic heterocycles. The average Bonchev–Trinajstić information content (AvgIpc) is 2.52. The van der Waals surface area contributed by atoms with Gasteiger partial charge in [-0.05, 0) is 39.0 Å². The maximum absolute atomic E-state index is 9.56. The third-order valence-electron chi connectivity index (χ3n) is 4.32. The lowest BCUT2D eigenvalue weighted by Crippen LogP contribution is -2.45. The number of hydrogen-bond acceptors (Lipinski definition) is 3. The summed E-state index contributed by atoms with van der Waals surface area (Å²) in [5, 5.41) is 9.56. The minimum absolute atomic E-state index is 0.128. The van der Waals surface area contributed by atoms with Crippen LogP contribution in [-0.2, 0) is 4.74 Å². The predicted molar refractivity (Wildman–Crippen MR) is 70.9 cm³/mol. The predicted octanol–water partition coefficient (Wildman–Crippen LogP) is 2.46. The van der Waals surface area contributed by atoms with E-state index in [1.54, 1.807) is 6.92 Å². The van der Waals surface area contributed by atoms with Crippen LogP contribution in [0, 0.1) is 5.92 Å². The standard InChI is InChI=1S/C14H29NO2/c1-4-13-6-5-8-14(10-15,9-7-13)17-12(3)11(2)16/h11-13,16H,4-10,15H2,1-3H3. The van der Waals surface area contributed by atoms with Crippen molar-refractivity contribution in [3.05, 3.63) is 0 Å². The zero-order valence-electron chi connectivity index (χ0n) is 11.6. The fourth-order valence-corrected chi connectivity index (χ4v) is 2.72. The summed E-state index contributed by atoms with van der Waals surface area (Å²) in [5.41, 5.74) is 5.74. The van der Waals surface area contributed by atoms with Gasteiger partial charge in [-0.15, -0.1) is 0 Å². The second kappa shape index (κ2) is 6.72. The van der Waals surface area contributed by atoms with E-state index in [9.17, 15) is 5.11 Å². The van der Waals surface area contributed by atoms with Crippen molar-refractivity contribution in [2.24, 2.45) is 11.7 Å². The van der Waals surface area contributed by atoms with Crippen molar-refractivity contribution in [1.29, 1.82) is 0 Å². The van der Waals surface area contributed by atoms with Gasteiger partial charge < -0.3 is 15.6 Å². The summed E-state index contributed by atoms with van der Waals surface area (Å²) in [6.07, 6.45) is 6.48. The number of ether oxygens (including phenoxy) is 1. The van der Waals surface area contributed by atoms with Gasteiger partial charge in [-0.2, -0.15) is 0 Å². The molecule has 4 unspecified atom stereocenters. The van der Waals surface area contributed by atoms with Crippen molar-refractivity contribution in [2.45, 2.75) is 77.1 Å². The van der Waals surface area contributed by atoms with Crippen molar-refractivity contribution in [2.75, 3.05) is 6.54 Å². The van der Waals surface area contributed by atoms with E-state index < -0.39 is 6.10 Å². The number of aliphatic hydroxyl groups excluding tert-OH is 1. The molecule has 102 valence electrons. The topological polar surface area (TPSA) is 55.5 Å². The van der Waals surface area contributed by atoms with Crippen LogP contribution in [0.2, 0.25) is 0 Å². The quantitative estimate of drug-likeness (QED) is 0.729. The Labute approximate surface area is 106 Å². The van der Waals surface area contributed by atoms with Crippen molar-refractivity contribution >= 4 is 0 Å². The van der Waals surface area contributed by atoms with Gasteiger partial charge in [-0.3, -0.25) is 0 Å². The highest BCUT2D eigenvalue weighted by molar-refractivity contribution is 4.87. The summed E-state index contributed by atoms with van der Waals surface area (Å²) in [6.45, 7) is 6.55. The molecule has 0 amide bonds. The molecule has 17 heavy (non-hydrogen) atoms. The van der Waals surface area contributed by atoms with Crippen LogP contribution in [0.3, 0.4) is 0 Å². The summed E-state index contributed by atoms with van der Waals surface area (Å²) in [7, 11) is 0. The van der Waals surface area contributed by atoms with Gasteiger partial charge in [0, 0.05) is 6.54 Å². The lowest BCUT2D eigenvalue weighted by atomic mass is 9.92. The van der Waals surface area contributed by atoms with Crippen LogP contribution in [0.4, 0.5) is 0 Å². The minimum atomic E-state index is -0.427. The first-order chi connectivity index (χ1) is 8.03. The molecule has 0 spiro atoms. The summed E-state index contributed by atoms with van der Waals surface area (Å²) >= 11 is 0. The fourth-order valence-electron chi connectivity index (χ4n) is 2.72. The van der Waals surface area contributed by atoms with Crippen LogP contribution < -0.4 is 5.73 Å². The Kier molecular flexibility index (Phi) is 5.90. The molecule has 0 radical (unpaired) electrons. The van der Waals surface area contributed by atoms with E-state index in [1.165, 1.54) is 25.7 Å². The highest BCUT2D eigenvalue weighted by atomic mass is 16.5. The monoisotopic (exact) mass is 243 g/mol. The van der Waals surface area contributed by atoms with Crippen molar-refractivity contribution in [1.82, 2.24) is 0 Å². The van der Waals surface area contributed by atoms with Crippen molar-refractivity contribution < 1.29 is 9.84 Å². The second-order valence-corrected chi connectivity index (χ2v) is 5.66. The maximum Gasteiger partial charge on any atom is 0.0811 e. The Morgan fingerprint density at radius 1 is 1.35 bits per heavy atom. The van der Waals surface area contributed by atoms with Gasteiger partial charge in [-0.25, -0.2) is 0 Å². The number of rotatable bonds is 5. The van der Waals surface area contributed by atoms with Crippen LogP contribution in [0.25, 0.3) is 0 Å². The lowest BCUT2D eigenvalue weighted by Gasteiger charge is -2.35. The van der Waals surface area contributed by atoms with Gasteiger partial charge >= 0.3 is 0 Å².